The molecule has 0 saturated heterocycles. The number of benzene rings is 1. The first kappa shape index (κ1) is 19.6. The average molecular weight is 368 g/mol. The van der Waals surface area contributed by atoms with Crippen LogP contribution in [-0.2, 0) is 0 Å². The second kappa shape index (κ2) is 9.14. The van der Waals surface area contributed by atoms with Crippen molar-refractivity contribution in [1.82, 2.24) is 0 Å². The zero-order chi connectivity index (χ0) is 18.5. The number of hydrogen-bond donors (Lipinski definition) is 0. The van der Waals surface area contributed by atoms with Crippen LogP contribution in [0.3, 0.4) is 0 Å². The van der Waals surface area contributed by atoms with Gasteiger partial charge in [-0.25, -0.2) is 4.39 Å². The van der Waals surface area contributed by atoms with E-state index in [1.165, 1.54) is 63.5 Å². The summed E-state index contributed by atoms with van der Waals surface area (Å²) in [5.41, 5.74) is 0.920. The Kier molecular flexibility index (Phi) is 6.88. The van der Waals surface area contributed by atoms with E-state index in [1.807, 2.05) is 0 Å². The highest BCUT2D eigenvalue weighted by Crippen LogP contribution is 2.40. The highest BCUT2D eigenvalue weighted by molar-refractivity contribution is 5.31. The maximum atomic E-state index is 13.9. The predicted octanol–water partition coefficient (Wildman–Crippen LogP) is 7.31. The molecule has 0 aliphatic heterocycles. The second-order valence-electron chi connectivity index (χ2n) is 8.49. The number of hydrogen-bond acceptors (Lipinski definition) is 1. The van der Waals surface area contributed by atoms with E-state index >= 15 is 0 Å². The Morgan fingerprint density at radius 3 is 2.04 bits per heavy atom. The third-order valence-corrected chi connectivity index (χ3v) is 6.61. The van der Waals surface area contributed by atoms with Gasteiger partial charge in [-0.1, -0.05) is 51.5 Å². The molecule has 26 heavy (non-hydrogen) atoms. The summed E-state index contributed by atoms with van der Waals surface area (Å²) in [6.07, 6.45) is 12.9. The van der Waals surface area contributed by atoms with Crippen molar-refractivity contribution in [2.45, 2.75) is 83.7 Å². The minimum absolute atomic E-state index is 0.344. The van der Waals surface area contributed by atoms with Gasteiger partial charge in [-0.15, -0.1) is 0 Å². The highest BCUT2D eigenvalue weighted by atomic mass is 19.3. The number of ether oxygens (including phenoxy) is 1. The molecule has 0 unspecified atom stereocenters. The summed E-state index contributed by atoms with van der Waals surface area (Å²) < 4.78 is 42.6. The molecule has 2 fully saturated rings. The summed E-state index contributed by atoms with van der Waals surface area (Å²) in [6, 6.07) is 4.47. The summed E-state index contributed by atoms with van der Waals surface area (Å²) in [4.78, 5) is 0. The first-order valence-electron chi connectivity index (χ1n) is 10.3. The van der Waals surface area contributed by atoms with Gasteiger partial charge in [-0.3, -0.25) is 0 Å². The van der Waals surface area contributed by atoms with Gasteiger partial charge < -0.3 is 4.74 Å². The summed E-state index contributed by atoms with van der Waals surface area (Å²) in [5, 5.41) is 0. The molecule has 1 aromatic rings. The predicted molar refractivity (Wildman–Crippen MR) is 98.1 cm³/mol. The number of halogens is 3. The van der Waals surface area contributed by atoms with Crippen molar-refractivity contribution in [2.75, 3.05) is 0 Å². The molecule has 2 aliphatic rings. The molecule has 2 saturated carbocycles. The minimum atomic E-state index is -2.99. The molecule has 0 N–H and O–H groups in total. The largest absolute Gasteiger partial charge is 0.432 e. The van der Waals surface area contributed by atoms with Crippen molar-refractivity contribution in [3.8, 4) is 5.75 Å². The van der Waals surface area contributed by atoms with Crippen molar-refractivity contribution < 1.29 is 17.9 Å². The molecule has 0 radical (unpaired) electrons. The molecule has 0 amide bonds. The molecular formula is C22H31F3O. The third kappa shape index (κ3) is 5.40. The van der Waals surface area contributed by atoms with Crippen LogP contribution in [0.2, 0.25) is 0 Å². The highest BCUT2D eigenvalue weighted by Gasteiger charge is 2.25. The van der Waals surface area contributed by atoms with Crippen LogP contribution in [0.25, 0.3) is 0 Å². The van der Waals surface area contributed by atoms with Gasteiger partial charge in [0.05, 0.1) is 0 Å². The van der Waals surface area contributed by atoms with Crippen molar-refractivity contribution >= 4 is 0 Å². The normalized spacial score (nSPS) is 29.7. The molecule has 0 heterocycles. The van der Waals surface area contributed by atoms with Crippen LogP contribution >= 0.6 is 0 Å². The second-order valence-corrected chi connectivity index (χ2v) is 8.49. The SMILES string of the molecule is CC1CCC(CCC2CCC(c3ccc(OC(F)F)c(F)c3)CC2)CC1. The topological polar surface area (TPSA) is 9.23 Å². The fourth-order valence-electron chi connectivity index (χ4n) is 4.84. The molecule has 1 aromatic carbocycles. The molecule has 1 nitrogen and oxygen atoms in total. The third-order valence-electron chi connectivity index (χ3n) is 6.61. The number of rotatable bonds is 6. The maximum Gasteiger partial charge on any atom is 0.387 e. The van der Waals surface area contributed by atoms with Crippen LogP contribution in [0.5, 0.6) is 5.75 Å². The zero-order valence-corrected chi connectivity index (χ0v) is 15.7. The summed E-state index contributed by atoms with van der Waals surface area (Å²) in [5.74, 6) is 1.95. The molecule has 0 spiro atoms. The first-order chi connectivity index (χ1) is 12.5. The van der Waals surface area contributed by atoms with Crippen molar-refractivity contribution in [1.29, 1.82) is 0 Å². The van der Waals surface area contributed by atoms with Gasteiger partial charge in [0.15, 0.2) is 11.6 Å². The van der Waals surface area contributed by atoms with Crippen molar-refractivity contribution in [2.24, 2.45) is 17.8 Å². The lowest BCUT2D eigenvalue weighted by molar-refractivity contribution is -0.0522. The fraction of sp³-hybridized carbons (Fsp3) is 0.727. The van der Waals surface area contributed by atoms with Crippen LogP contribution < -0.4 is 4.74 Å². The van der Waals surface area contributed by atoms with E-state index in [1.54, 1.807) is 6.07 Å². The van der Waals surface area contributed by atoms with Crippen LogP contribution in [0.15, 0.2) is 18.2 Å². The smallest absolute Gasteiger partial charge is 0.387 e. The van der Waals surface area contributed by atoms with Crippen LogP contribution in [0, 0.1) is 23.6 Å². The maximum absolute atomic E-state index is 13.9. The number of alkyl halides is 2. The van der Waals surface area contributed by atoms with Gasteiger partial charge in [-0.05, 0) is 67.1 Å². The van der Waals surface area contributed by atoms with E-state index in [2.05, 4.69) is 11.7 Å². The van der Waals surface area contributed by atoms with Gasteiger partial charge in [0.25, 0.3) is 0 Å². The standard InChI is InChI=1S/C22H31F3O/c1-15-2-4-16(5-3-15)6-7-17-8-10-18(11-9-17)19-12-13-21(20(23)14-19)26-22(24)25/h12-18,22H,2-11H2,1H3. The van der Waals surface area contributed by atoms with Gasteiger partial charge in [0.2, 0.25) is 0 Å². The lowest BCUT2D eigenvalue weighted by Gasteiger charge is -2.31. The molecule has 146 valence electrons. The Bertz CT molecular complexity index is 559. The molecular weight excluding hydrogens is 337 g/mol. The summed E-state index contributed by atoms with van der Waals surface area (Å²) in [6.45, 7) is -0.620. The molecule has 0 atom stereocenters. The molecule has 0 aromatic heterocycles. The summed E-state index contributed by atoms with van der Waals surface area (Å²) >= 11 is 0. The molecule has 3 rings (SSSR count). The molecule has 0 bridgehead atoms. The molecule has 4 heteroatoms. The Morgan fingerprint density at radius 1 is 0.923 bits per heavy atom. The summed E-state index contributed by atoms with van der Waals surface area (Å²) in [7, 11) is 0. The van der Waals surface area contributed by atoms with E-state index in [4.69, 9.17) is 0 Å². The Morgan fingerprint density at radius 2 is 1.50 bits per heavy atom. The van der Waals surface area contributed by atoms with Crippen LogP contribution in [0.4, 0.5) is 13.2 Å². The van der Waals surface area contributed by atoms with E-state index in [-0.39, 0.29) is 5.75 Å². The van der Waals surface area contributed by atoms with Gasteiger partial charge in [0.1, 0.15) is 0 Å². The Balaban J connectivity index is 1.44. The Labute approximate surface area is 155 Å². The lowest BCUT2D eigenvalue weighted by Crippen LogP contribution is -2.17. The van der Waals surface area contributed by atoms with Crippen LogP contribution in [-0.4, -0.2) is 6.61 Å². The van der Waals surface area contributed by atoms with E-state index in [0.29, 0.717) is 5.92 Å². The van der Waals surface area contributed by atoms with Gasteiger partial charge in [-0.2, -0.15) is 8.78 Å². The van der Waals surface area contributed by atoms with Crippen molar-refractivity contribution in [3.05, 3.63) is 29.6 Å². The fourth-order valence-corrected chi connectivity index (χ4v) is 4.84. The van der Waals surface area contributed by atoms with Crippen LogP contribution in [0.1, 0.15) is 82.6 Å². The van der Waals surface area contributed by atoms with Gasteiger partial charge in [0, 0.05) is 0 Å². The van der Waals surface area contributed by atoms with Crippen molar-refractivity contribution in [3.63, 3.8) is 0 Å². The minimum Gasteiger partial charge on any atom is -0.432 e. The van der Waals surface area contributed by atoms with E-state index < -0.39 is 12.4 Å². The van der Waals surface area contributed by atoms with E-state index in [0.717, 1.165) is 36.2 Å². The first-order valence-corrected chi connectivity index (χ1v) is 10.3. The van der Waals surface area contributed by atoms with E-state index in [9.17, 15) is 13.2 Å². The lowest BCUT2D eigenvalue weighted by atomic mass is 9.74. The molecule has 2 aliphatic carbocycles. The monoisotopic (exact) mass is 368 g/mol. The van der Waals surface area contributed by atoms with Gasteiger partial charge >= 0.3 is 6.61 Å². The zero-order valence-electron chi connectivity index (χ0n) is 15.7. The Hall–Kier alpha value is -1.19. The average Bonchev–Trinajstić information content (AvgIpc) is 2.63. The quantitative estimate of drug-likeness (QED) is 0.511.